The van der Waals surface area contributed by atoms with Crippen LogP contribution < -0.4 is 10.1 Å². The van der Waals surface area contributed by atoms with Crippen LogP contribution in [0.25, 0.3) is 0 Å². The molecule has 1 aromatic heterocycles. The van der Waals surface area contributed by atoms with Gasteiger partial charge in [-0.3, -0.25) is 0 Å². The lowest BCUT2D eigenvalue weighted by molar-refractivity contribution is -0.139. The van der Waals surface area contributed by atoms with Crippen LogP contribution in [-0.4, -0.2) is 24.8 Å². The Morgan fingerprint density at radius 2 is 1.94 bits per heavy atom. The summed E-state index contributed by atoms with van der Waals surface area (Å²) in [5.74, 6) is -3.06. The van der Waals surface area contributed by atoms with E-state index in [1.54, 1.807) is 0 Å². The molecule has 0 radical (unpaired) electrons. The third-order valence-electron chi connectivity index (χ3n) is 1.76. The topological polar surface area (TPSA) is 34.2 Å². The van der Waals surface area contributed by atoms with Crippen molar-refractivity contribution in [2.75, 3.05) is 19.0 Å². The summed E-state index contributed by atoms with van der Waals surface area (Å²) in [6, 6.07) is 0.488. The van der Waals surface area contributed by atoms with Crippen LogP contribution in [0.5, 0.6) is 5.88 Å². The van der Waals surface area contributed by atoms with Gasteiger partial charge in [-0.05, 0) is 0 Å². The number of ether oxygens (including phenoxy) is 1. The maximum Gasteiger partial charge on any atom is 0.392 e. The second kappa shape index (κ2) is 5.15. The molecule has 0 fully saturated rings. The van der Waals surface area contributed by atoms with Crippen molar-refractivity contribution >= 4 is 5.82 Å². The van der Waals surface area contributed by atoms with Crippen molar-refractivity contribution in [2.24, 2.45) is 0 Å². The minimum atomic E-state index is -4.40. The molecule has 96 valence electrons. The van der Waals surface area contributed by atoms with Gasteiger partial charge in [-0.1, -0.05) is 0 Å². The SMILES string of the molecule is CNc1nc(OCCC(F)(F)F)c(F)cc1F. The van der Waals surface area contributed by atoms with E-state index in [1.807, 2.05) is 0 Å². The van der Waals surface area contributed by atoms with Gasteiger partial charge in [0.2, 0.25) is 0 Å². The Kier molecular flexibility index (Phi) is 4.08. The quantitative estimate of drug-likeness (QED) is 0.841. The molecule has 1 N–H and O–H groups in total. The van der Waals surface area contributed by atoms with Crippen LogP contribution in [-0.2, 0) is 0 Å². The largest absolute Gasteiger partial charge is 0.475 e. The first-order valence-corrected chi connectivity index (χ1v) is 4.57. The van der Waals surface area contributed by atoms with E-state index in [0.29, 0.717) is 6.07 Å². The number of nitrogens with one attached hydrogen (secondary N) is 1. The number of aromatic nitrogens is 1. The average Bonchev–Trinajstić information content (AvgIpc) is 2.19. The zero-order chi connectivity index (χ0) is 13.1. The van der Waals surface area contributed by atoms with E-state index in [9.17, 15) is 22.0 Å². The number of halogens is 5. The highest BCUT2D eigenvalue weighted by molar-refractivity contribution is 5.38. The van der Waals surface area contributed by atoms with Gasteiger partial charge in [-0.2, -0.15) is 18.2 Å². The smallest absolute Gasteiger partial charge is 0.392 e. The van der Waals surface area contributed by atoms with Crippen molar-refractivity contribution < 1.29 is 26.7 Å². The highest BCUT2D eigenvalue weighted by atomic mass is 19.4. The summed E-state index contributed by atoms with van der Waals surface area (Å²) in [5.41, 5.74) is 0. The molecule has 17 heavy (non-hydrogen) atoms. The molecule has 0 aliphatic rings. The number of pyridine rings is 1. The van der Waals surface area contributed by atoms with Gasteiger partial charge in [0.05, 0.1) is 13.0 Å². The van der Waals surface area contributed by atoms with Gasteiger partial charge >= 0.3 is 6.18 Å². The zero-order valence-electron chi connectivity index (χ0n) is 8.74. The summed E-state index contributed by atoms with van der Waals surface area (Å²) < 4.78 is 65.9. The summed E-state index contributed by atoms with van der Waals surface area (Å²) in [4.78, 5) is 3.36. The Hall–Kier alpha value is -1.60. The molecular formula is C9H9F5N2O. The van der Waals surface area contributed by atoms with Gasteiger partial charge in [0, 0.05) is 13.1 Å². The van der Waals surface area contributed by atoms with Gasteiger partial charge in [0.1, 0.15) is 0 Å². The fraction of sp³-hybridized carbons (Fsp3) is 0.444. The second-order valence-corrected chi connectivity index (χ2v) is 3.07. The van der Waals surface area contributed by atoms with E-state index < -0.39 is 36.7 Å². The number of alkyl halides is 3. The summed E-state index contributed by atoms with van der Waals surface area (Å²) in [5, 5.41) is 2.31. The molecule has 0 aromatic carbocycles. The summed E-state index contributed by atoms with van der Waals surface area (Å²) >= 11 is 0. The third kappa shape index (κ3) is 4.04. The lowest BCUT2D eigenvalue weighted by atomic mass is 10.4. The van der Waals surface area contributed by atoms with Crippen molar-refractivity contribution in [3.05, 3.63) is 17.7 Å². The molecule has 1 heterocycles. The second-order valence-electron chi connectivity index (χ2n) is 3.07. The average molecular weight is 256 g/mol. The Morgan fingerprint density at radius 3 is 2.47 bits per heavy atom. The molecule has 8 heteroatoms. The van der Waals surface area contributed by atoms with Gasteiger partial charge in [0.15, 0.2) is 17.5 Å². The first kappa shape index (κ1) is 13.5. The van der Waals surface area contributed by atoms with Crippen molar-refractivity contribution in [1.29, 1.82) is 0 Å². The Morgan fingerprint density at radius 1 is 1.29 bits per heavy atom. The maximum atomic E-state index is 13.1. The molecule has 1 rings (SSSR count). The van der Waals surface area contributed by atoms with Crippen LogP contribution in [0.1, 0.15) is 6.42 Å². The summed E-state index contributed by atoms with van der Waals surface area (Å²) in [6.07, 6.45) is -5.64. The third-order valence-corrected chi connectivity index (χ3v) is 1.76. The molecule has 0 aliphatic carbocycles. The molecule has 1 aromatic rings. The van der Waals surface area contributed by atoms with Crippen LogP contribution in [0.15, 0.2) is 6.07 Å². The van der Waals surface area contributed by atoms with Crippen molar-refractivity contribution in [1.82, 2.24) is 4.98 Å². The molecule has 0 aliphatic heterocycles. The number of nitrogens with zero attached hydrogens (tertiary/aromatic N) is 1. The van der Waals surface area contributed by atoms with Gasteiger partial charge < -0.3 is 10.1 Å². The van der Waals surface area contributed by atoms with Gasteiger partial charge in [-0.15, -0.1) is 0 Å². The van der Waals surface area contributed by atoms with Crippen LogP contribution in [0.2, 0.25) is 0 Å². The molecule has 0 saturated heterocycles. The first-order valence-electron chi connectivity index (χ1n) is 4.57. The van der Waals surface area contributed by atoms with Crippen LogP contribution >= 0.6 is 0 Å². The molecular weight excluding hydrogens is 247 g/mol. The molecule has 3 nitrogen and oxygen atoms in total. The predicted octanol–water partition coefficient (Wildman–Crippen LogP) is 2.73. The molecule has 0 spiro atoms. The maximum absolute atomic E-state index is 13.1. The van der Waals surface area contributed by atoms with E-state index in [0.717, 1.165) is 0 Å². The van der Waals surface area contributed by atoms with Gasteiger partial charge in [-0.25, -0.2) is 8.78 Å². The predicted molar refractivity (Wildman–Crippen MR) is 49.9 cm³/mol. The lowest BCUT2D eigenvalue weighted by Gasteiger charge is -2.10. The van der Waals surface area contributed by atoms with E-state index in [-0.39, 0.29) is 5.82 Å². The summed E-state index contributed by atoms with van der Waals surface area (Å²) in [6.45, 7) is -0.776. The highest BCUT2D eigenvalue weighted by Gasteiger charge is 2.27. The Balaban J connectivity index is 2.71. The normalized spacial score (nSPS) is 11.4. The molecule has 0 bridgehead atoms. The monoisotopic (exact) mass is 256 g/mol. The van der Waals surface area contributed by atoms with Crippen LogP contribution in [0.3, 0.4) is 0 Å². The number of anilines is 1. The van der Waals surface area contributed by atoms with E-state index in [4.69, 9.17) is 0 Å². The highest BCUT2D eigenvalue weighted by Crippen LogP contribution is 2.23. The minimum Gasteiger partial charge on any atom is -0.475 e. The van der Waals surface area contributed by atoms with Crippen molar-refractivity contribution in [2.45, 2.75) is 12.6 Å². The van der Waals surface area contributed by atoms with E-state index in [2.05, 4.69) is 15.0 Å². The van der Waals surface area contributed by atoms with Gasteiger partial charge in [0.25, 0.3) is 5.88 Å². The number of hydrogen-bond donors (Lipinski definition) is 1. The van der Waals surface area contributed by atoms with Crippen LogP contribution in [0.4, 0.5) is 27.8 Å². The minimum absolute atomic E-state index is 0.298. The Labute approximate surface area is 93.6 Å². The number of hydrogen-bond acceptors (Lipinski definition) is 3. The lowest BCUT2D eigenvalue weighted by Crippen LogP contribution is -2.14. The van der Waals surface area contributed by atoms with E-state index in [1.165, 1.54) is 7.05 Å². The van der Waals surface area contributed by atoms with Crippen molar-refractivity contribution in [3.63, 3.8) is 0 Å². The fourth-order valence-electron chi connectivity index (χ4n) is 0.990. The summed E-state index contributed by atoms with van der Waals surface area (Å²) in [7, 11) is 1.34. The van der Waals surface area contributed by atoms with E-state index >= 15 is 0 Å². The van der Waals surface area contributed by atoms with Crippen LogP contribution in [0, 0.1) is 11.6 Å². The zero-order valence-corrected chi connectivity index (χ0v) is 8.74. The molecule has 0 atom stereocenters. The molecule has 0 unspecified atom stereocenters. The van der Waals surface area contributed by atoms with Crippen molar-refractivity contribution in [3.8, 4) is 5.88 Å². The standard InChI is InChI=1S/C9H9F5N2O/c1-15-7-5(10)4-6(11)8(16-7)17-3-2-9(12,13)14/h4H,2-3H2,1H3,(H,15,16). The first-order chi connectivity index (χ1) is 7.83. The Bertz CT molecular complexity index is 394. The molecule has 0 amide bonds. The number of rotatable bonds is 4. The molecule has 0 saturated carbocycles. The fourth-order valence-corrected chi connectivity index (χ4v) is 0.990.